The van der Waals surface area contributed by atoms with Crippen molar-refractivity contribution in [3.63, 3.8) is 0 Å². The lowest BCUT2D eigenvalue weighted by atomic mass is 10.1. The molecule has 0 spiro atoms. The van der Waals surface area contributed by atoms with Gasteiger partial charge in [0.1, 0.15) is 5.69 Å². The van der Waals surface area contributed by atoms with Crippen molar-refractivity contribution >= 4 is 5.78 Å². The summed E-state index contributed by atoms with van der Waals surface area (Å²) in [6.07, 6.45) is 5.46. The summed E-state index contributed by atoms with van der Waals surface area (Å²) in [5.74, 6) is 1.14. The zero-order valence-electron chi connectivity index (χ0n) is 11.1. The van der Waals surface area contributed by atoms with E-state index < -0.39 is 0 Å². The maximum Gasteiger partial charge on any atom is 0.252 e. The predicted molar refractivity (Wildman–Crippen MR) is 79.4 cm³/mol. The van der Waals surface area contributed by atoms with Crippen LogP contribution in [0.3, 0.4) is 0 Å². The first-order valence-electron chi connectivity index (χ1n) is 6.59. The van der Waals surface area contributed by atoms with Crippen LogP contribution in [0, 0.1) is 0 Å². The first-order chi connectivity index (χ1) is 10.4. The van der Waals surface area contributed by atoms with Gasteiger partial charge in [-0.3, -0.25) is 4.98 Å². The summed E-state index contributed by atoms with van der Waals surface area (Å²) in [5, 5.41) is 4.45. The lowest BCUT2D eigenvalue weighted by Crippen LogP contribution is -1.92. The number of pyridine rings is 1. The summed E-state index contributed by atoms with van der Waals surface area (Å²) in [6, 6.07) is 15.7. The second-order valence-corrected chi connectivity index (χ2v) is 4.60. The third-order valence-electron chi connectivity index (χ3n) is 3.19. The van der Waals surface area contributed by atoms with E-state index in [9.17, 15) is 0 Å². The molecule has 1 aromatic carbocycles. The fraction of sp³-hybridized carbons (Fsp3) is 0. The van der Waals surface area contributed by atoms with Gasteiger partial charge in [0.05, 0.1) is 0 Å². The highest BCUT2D eigenvalue weighted by Crippen LogP contribution is 2.19. The molecule has 4 rings (SSSR count). The van der Waals surface area contributed by atoms with Crippen LogP contribution in [0.15, 0.2) is 67.1 Å². The van der Waals surface area contributed by atoms with E-state index in [1.54, 1.807) is 10.7 Å². The van der Waals surface area contributed by atoms with Crippen LogP contribution >= 0.6 is 0 Å². The Morgan fingerprint density at radius 1 is 0.810 bits per heavy atom. The SMILES string of the molecule is c1ccc(-c2cnc3nc(-c4ccccn4)nn3c2)cc1. The number of fused-ring (bicyclic) bond motifs is 1. The highest BCUT2D eigenvalue weighted by Gasteiger charge is 2.08. The second kappa shape index (κ2) is 4.79. The second-order valence-electron chi connectivity index (χ2n) is 4.60. The van der Waals surface area contributed by atoms with Crippen LogP contribution in [-0.4, -0.2) is 24.6 Å². The van der Waals surface area contributed by atoms with Crippen molar-refractivity contribution in [3.8, 4) is 22.6 Å². The number of rotatable bonds is 2. The zero-order chi connectivity index (χ0) is 14.1. The minimum absolute atomic E-state index is 0.565. The van der Waals surface area contributed by atoms with Crippen LogP contribution in [0.4, 0.5) is 0 Å². The zero-order valence-corrected chi connectivity index (χ0v) is 11.1. The van der Waals surface area contributed by atoms with Crippen LogP contribution < -0.4 is 0 Å². The largest absolute Gasteiger partial charge is 0.253 e. The van der Waals surface area contributed by atoms with Crippen LogP contribution in [0.2, 0.25) is 0 Å². The van der Waals surface area contributed by atoms with Gasteiger partial charge in [-0.25, -0.2) is 9.50 Å². The van der Waals surface area contributed by atoms with Crippen molar-refractivity contribution in [1.82, 2.24) is 24.6 Å². The van der Waals surface area contributed by atoms with E-state index in [0.29, 0.717) is 11.6 Å². The van der Waals surface area contributed by atoms with E-state index >= 15 is 0 Å². The number of aromatic nitrogens is 5. The molecule has 5 nitrogen and oxygen atoms in total. The highest BCUT2D eigenvalue weighted by molar-refractivity contribution is 5.62. The molecule has 0 radical (unpaired) electrons. The Morgan fingerprint density at radius 2 is 1.67 bits per heavy atom. The topological polar surface area (TPSA) is 56.0 Å². The Hall–Kier alpha value is -3.08. The van der Waals surface area contributed by atoms with E-state index in [-0.39, 0.29) is 0 Å². The monoisotopic (exact) mass is 273 g/mol. The van der Waals surface area contributed by atoms with Crippen molar-refractivity contribution < 1.29 is 0 Å². The molecule has 100 valence electrons. The molecular weight excluding hydrogens is 262 g/mol. The smallest absolute Gasteiger partial charge is 0.252 e. The highest BCUT2D eigenvalue weighted by atomic mass is 15.3. The maximum absolute atomic E-state index is 4.45. The van der Waals surface area contributed by atoms with Crippen molar-refractivity contribution in [3.05, 3.63) is 67.1 Å². The molecule has 0 aliphatic carbocycles. The van der Waals surface area contributed by atoms with Gasteiger partial charge in [-0.2, -0.15) is 4.98 Å². The van der Waals surface area contributed by atoms with E-state index in [1.165, 1.54) is 0 Å². The molecule has 0 unspecified atom stereocenters. The average molecular weight is 273 g/mol. The molecule has 0 saturated carbocycles. The van der Waals surface area contributed by atoms with Crippen LogP contribution in [0.25, 0.3) is 28.4 Å². The normalized spacial score (nSPS) is 10.9. The van der Waals surface area contributed by atoms with E-state index in [4.69, 9.17) is 0 Å². The molecule has 0 aliphatic rings. The lowest BCUT2D eigenvalue weighted by molar-refractivity contribution is 0.942. The van der Waals surface area contributed by atoms with Gasteiger partial charge in [0.15, 0.2) is 0 Å². The molecule has 0 fully saturated rings. The standard InChI is InChI=1S/C16H11N5/c1-2-6-12(7-3-1)13-10-18-16-19-15(20-21(16)11-13)14-8-4-5-9-17-14/h1-11H. The molecular formula is C16H11N5. The Morgan fingerprint density at radius 3 is 2.48 bits per heavy atom. The Balaban J connectivity index is 1.82. The van der Waals surface area contributed by atoms with E-state index in [2.05, 4.69) is 20.1 Å². The molecule has 4 aromatic rings. The van der Waals surface area contributed by atoms with Gasteiger partial charge in [-0.05, 0) is 17.7 Å². The molecule has 0 aliphatic heterocycles. The number of nitrogens with zero attached hydrogens (tertiary/aromatic N) is 5. The van der Waals surface area contributed by atoms with Crippen molar-refractivity contribution in [2.75, 3.05) is 0 Å². The third-order valence-corrected chi connectivity index (χ3v) is 3.19. The molecule has 3 heterocycles. The molecule has 3 aromatic heterocycles. The summed E-state index contributed by atoms with van der Waals surface area (Å²) in [5.41, 5.74) is 2.84. The van der Waals surface area contributed by atoms with Crippen LogP contribution in [-0.2, 0) is 0 Å². The van der Waals surface area contributed by atoms with Gasteiger partial charge in [0.2, 0.25) is 5.82 Å². The molecule has 21 heavy (non-hydrogen) atoms. The Labute approximate surface area is 121 Å². The van der Waals surface area contributed by atoms with Gasteiger partial charge in [-0.15, -0.1) is 5.10 Å². The number of hydrogen-bond donors (Lipinski definition) is 0. The fourth-order valence-electron chi connectivity index (χ4n) is 2.17. The predicted octanol–water partition coefficient (Wildman–Crippen LogP) is 2.85. The minimum Gasteiger partial charge on any atom is -0.253 e. The maximum atomic E-state index is 4.45. The van der Waals surface area contributed by atoms with E-state index in [1.807, 2.05) is 60.9 Å². The van der Waals surface area contributed by atoms with Crippen LogP contribution in [0.5, 0.6) is 0 Å². The first-order valence-corrected chi connectivity index (χ1v) is 6.59. The Kier molecular flexibility index (Phi) is 2.67. The number of benzene rings is 1. The lowest BCUT2D eigenvalue weighted by Gasteiger charge is -2.00. The van der Waals surface area contributed by atoms with Crippen molar-refractivity contribution in [2.45, 2.75) is 0 Å². The minimum atomic E-state index is 0.565. The molecule has 0 N–H and O–H groups in total. The molecule has 0 saturated heterocycles. The molecule has 0 bridgehead atoms. The molecule has 0 atom stereocenters. The Bertz CT molecular complexity index is 847. The van der Waals surface area contributed by atoms with Gasteiger partial charge in [-0.1, -0.05) is 36.4 Å². The summed E-state index contributed by atoms with van der Waals surface area (Å²) in [4.78, 5) is 13.0. The van der Waals surface area contributed by atoms with Gasteiger partial charge < -0.3 is 0 Å². The van der Waals surface area contributed by atoms with Crippen molar-refractivity contribution in [1.29, 1.82) is 0 Å². The summed E-state index contributed by atoms with van der Waals surface area (Å²) in [7, 11) is 0. The molecule has 0 amide bonds. The summed E-state index contributed by atoms with van der Waals surface area (Å²) < 4.78 is 1.69. The fourth-order valence-corrected chi connectivity index (χ4v) is 2.17. The van der Waals surface area contributed by atoms with Gasteiger partial charge in [0, 0.05) is 24.2 Å². The van der Waals surface area contributed by atoms with Crippen molar-refractivity contribution in [2.24, 2.45) is 0 Å². The quantitative estimate of drug-likeness (QED) is 0.563. The summed E-state index contributed by atoms with van der Waals surface area (Å²) >= 11 is 0. The van der Waals surface area contributed by atoms with E-state index in [0.717, 1.165) is 16.8 Å². The first kappa shape index (κ1) is 11.7. The molecule has 5 heteroatoms. The van der Waals surface area contributed by atoms with Gasteiger partial charge in [0.25, 0.3) is 5.78 Å². The summed E-state index contributed by atoms with van der Waals surface area (Å²) in [6.45, 7) is 0. The number of hydrogen-bond acceptors (Lipinski definition) is 4. The average Bonchev–Trinajstić information content (AvgIpc) is 2.99. The van der Waals surface area contributed by atoms with Crippen LogP contribution in [0.1, 0.15) is 0 Å². The third kappa shape index (κ3) is 2.14. The van der Waals surface area contributed by atoms with Gasteiger partial charge >= 0.3 is 0 Å².